The molecule has 1 heterocycles. The lowest BCUT2D eigenvalue weighted by Gasteiger charge is -2.33. The third kappa shape index (κ3) is 3.24. The van der Waals surface area contributed by atoms with E-state index in [9.17, 15) is 8.42 Å². The van der Waals surface area contributed by atoms with Gasteiger partial charge in [-0.3, -0.25) is 0 Å². The Kier molecular flexibility index (Phi) is 4.89. The summed E-state index contributed by atoms with van der Waals surface area (Å²) in [4.78, 5) is 0. The van der Waals surface area contributed by atoms with Crippen LogP contribution in [0.1, 0.15) is 44.9 Å². The van der Waals surface area contributed by atoms with Crippen molar-refractivity contribution in [3.63, 3.8) is 0 Å². The van der Waals surface area contributed by atoms with Crippen molar-refractivity contribution in [1.82, 2.24) is 4.31 Å². The summed E-state index contributed by atoms with van der Waals surface area (Å²) in [5.41, 5.74) is 0. The maximum absolute atomic E-state index is 12.5. The van der Waals surface area contributed by atoms with Gasteiger partial charge in [0, 0.05) is 18.4 Å². The topological polar surface area (TPSA) is 37.4 Å². The number of alkyl halides is 1. The first-order valence-corrected chi connectivity index (χ1v) is 9.32. The van der Waals surface area contributed by atoms with Gasteiger partial charge >= 0.3 is 0 Å². The van der Waals surface area contributed by atoms with E-state index in [1.165, 1.54) is 6.42 Å². The standard InChI is InChI=1S/C12H22BrNO2S/c13-8-7-11-4-3-9-14(10-11)17(15,16)12-5-1-2-6-12/h11-12H,1-10H2. The van der Waals surface area contributed by atoms with Crippen LogP contribution in [0.4, 0.5) is 0 Å². The largest absolute Gasteiger partial charge is 0.216 e. The van der Waals surface area contributed by atoms with Crippen molar-refractivity contribution >= 4 is 26.0 Å². The lowest BCUT2D eigenvalue weighted by atomic mass is 9.97. The molecule has 0 N–H and O–H groups in total. The summed E-state index contributed by atoms with van der Waals surface area (Å²) >= 11 is 3.45. The van der Waals surface area contributed by atoms with Crippen LogP contribution in [0.15, 0.2) is 0 Å². The van der Waals surface area contributed by atoms with Crippen LogP contribution < -0.4 is 0 Å². The molecule has 100 valence electrons. The lowest BCUT2D eigenvalue weighted by Crippen LogP contribution is -2.44. The van der Waals surface area contributed by atoms with E-state index < -0.39 is 10.0 Å². The van der Waals surface area contributed by atoms with Crippen LogP contribution in [0, 0.1) is 5.92 Å². The first kappa shape index (κ1) is 13.8. The van der Waals surface area contributed by atoms with Gasteiger partial charge in [-0.2, -0.15) is 0 Å². The van der Waals surface area contributed by atoms with Gasteiger partial charge in [0.1, 0.15) is 0 Å². The predicted octanol–water partition coefficient (Wildman–Crippen LogP) is 2.76. The van der Waals surface area contributed by atoms with Crippen LogP contribution >= 0.6 is 15.9 Å². The predicted molar refractivity (Wildman–Crippen MR) is 73.9 cm³/mol. The molecule has 0 radical (unpaired) electrons. The molecule has 1 saturated carbocycles. The fraction of sp³-hybridized carbons (Fsp3) is 1.00. The maximum atomic E-state index is 12.5. The molecule has 3 nitrogen and oxygen atoms in total. The van der Waals surface area contributed by atoms with E-state index >= 15 is 0 Å². The number of piperidine rings is 1. The average Bonchev–Trinajstić information content (AvgIpc) is 2.84. The Hall–Kier alpha value is 0.390. The highest BCUT2D eigenvalue weighted by atomic mass is 79.9. The van der Waals surface area contributed by atoms with Gasteiger partial charge in [-0.25, -0.2) is 12.7 Å². The summed E-state index contributed by atoms with van der Waals surface area (Å²) in [5.74, 6) is 0.555. The van der Waals surface area contributed by atoms with Gasteiger partial charge in [-0.15, -0.1) is 0 Å². The molecular formula is C12H22BrNO2S. The molecule has 1 atom stereocenters. The molecule has 0 bridgehead atoms. The minimum absolute atomic E-state index is 0.0785. The highest BCUT2D eigenvalue weighted by Gasteiger charge is 2.36. The summed E-state index contributed by atoms with van der Waals surface area (Å²) in [6.07, 6.45) is 7.23. The molecule has 1 unspecified atom stereocenters. The number of nitrogens with zero attached hydrogens (tertiary/aromatic N) is 1. The monoisotopic (exact) mass is 323 g/mol. The summed E-state index contributed by atoms with van der Waals surface area (Å²) in [6, 6.07) is 0. The lowest BCUT2D eigenvalue weighted by molar-refractivity contribution is 0.260. The second kappa shape index (κ2) is 6.02. The molecule has 2 fully saturated rings. The van der Waals surface area contributed by atoms with E-state index in [0.29, 0.717) is 5.92 Å². The molecule has 0 aromatic carbocycles. The van der Waals surface area contributed by atoms with Crippen LogP contribution in [0.2, 0.25) is 0 Å². The number of rotatable bonds is 4. The Morgan fingerprint density at radius 1 is 1.12 bits per heavy atom. The van der Waals surface area contributed by atoms with Crippen molar-refractivity contribution in [3.8, 4) is 0 Å². The molecule has 1 aliphatic heterocycles. The van der Waals surface area contributed by atoms with Gasteiger partial charge in [-0.05, 0) is 38.0 Å². The van der Waals surface area contributed by atoms with Crippen LogP contribution in [0.3, 0.4) is 0 Å². The van der Waals surface area contributed by atoms with Gasteiger partial charge in [-0.1, -0.05) is 28.8 Å². The van der Waals surface area contributed by atoms with E-state index in [0.717, 1.165) is 56.9 Å². The van der Waals surface area contributed by atoms with E-state index in [2.05, 4.69) is 15.9 Å². The second-order valence-corrected chi connectivity index (χ2v) is 8.30. The van der Waals surface area contributed by atoms with E-state index in [4.69, 9.17) is 0 Å². The Labute approximate surface area is 113 Å². The molecule has 1 saturated heterocycles. The third-order valence-electron chi connectivity index (χ3n) is 4.08. The number of hydrogen-bond acceptors (Lipinski definition) is 2. The van der Waals surface area contributed by atoms with Crippen LogP contribution in [-0.2, 0) is 10.0 Å². The Bertz CT molecular complexity index is 336. The Morgan fingerprint density at radius 3 is 2.47 bits per heavy atom. The van der Waals surface area contributed by atoms with Crippen molar-refractivity contribution in [1.29, 1.82) is 0 Å². The Morgan fingerprint density at radius 2 is 1.82 bits per heavy atom. The van der Waals surface area contributed by atoms with Crippen molar-refractivity contribution < 1.29 is 8.42 Å². The van der Waals surface area contributed by atoms with Crippen molar-refractivity contribution in [3.05, 3.63) is 0 Å². The fourth-order valence-corrected chi connectivity index (χ4v) is 5.85. The molecule has 2 aliphatic rings. The normalized spacial score (nSPS) is 28.6. The van der Waals surface area contributed by atoms with E-state index in [-0.39, 0.29) is 5.25 Å². The molecule has 17 heavy (non-hydrogen) atoms. The van der Waals surface area contributed by atoms with Crippen molar-refractivity contribution in [2.24, 2.45) is 5.92 Å². The van der Waals surface area contributed by atoms with E-state index in [1.807, 2.05) is 0 Å². The van der Waals surface area contributed by atoms with Gasteiger partial charge < -0.3 is 0 Å². The Balaban J connectivity index is 2.00. The number of halogens is 1. The zero-order valence-electron chi connectivity index (χ0n) is 10.3. The fourth-order valence-electron chi connectivity index (χ4n) is 3.04. The minimum Gasteiger partial charge on any atom is -0.212 e. The first-order valence-electron chi connectivity index (χ1n) is 6.69. The van der Waals surface area contributed by atoms with Gasteiger partial charge in [0.25, 0.3) is 0 Å². The smallest absolute Gasteiger partial charge is 0.212 e. The van der Waals surface area contributed by atoms with Crippen LogP contribution in [0.25, 0.3) is 0 Å². The third-order valence-corrected chi connectivity index (χ3v) is 6.91. The van der Waals surface area contributed by atoms with Gasteiger partial charge in [0.15, 0.2) is 0 Å². The number of hydrogen-bond donors (Lipinski definition) is 0. The highest BCUT2D eigenvalue weighted by Crippen LogP contribution is 2.30. The minimum atomic E-state index is -2.99. The van der Waals surface area contributed by atoms with Crippen LogP contribution in [-0.4, -0.2) is 36.4 Å². The van der Waals surface area contributed by atoms with Gasteiger partial charge in [0.05, 0.1) is 5.25 Å². The molecule has 5 heteroatoms. The molecular weight excluding hydrogens is 302 g/mol. The number of sulfonamides is 1. The summed E-state index contributed by atoms with van der Waals surface area (Å²) in [6.45, 7) is 1.50. The highest BCUT2D eigenvalue weighted by molar-refractivity contribution is 9.09. The molecule has 0 amide bonds. The zero-order valence-corrected chi connectivity index (χ0v) is 12.7. The van der Waals surface area contributed by atoms with Crippen molar-refractivity contribution in [2.45, 2.75) is 50.2 Å². The second-order valence-electron chi connectivity index (χ2n) is 5.30. The molecule has 0 aromatic heterocycles. The summed E-state index contributed by atoms with van der Waals surface area (Å²) in [5, 5.41) is 0.903. The quantitative estimate of drug-likeness (QED) is 0.746. The molecule has 0 spiro atoms. The molecule has 0 aromatic rings. The SMILES string of the molecule is O=S(=O)(C1CCCC1)N1CCCC(CCBr)C1. The molecule has 1 aliphatic carbocycles. The molecule has 2 rings (SSSR count). The maximum Gasteiger partial charge on any atom is 0.216 e. The first-order chi connectivity index (χ1) is 8.14. The summed E-state index contributed by atoms with van der Waals surface area (Å²) < 4.78 is 26.7. The van der Waals surface area contributed by atoms with Crippen molar-refractivity contribution in [2.75, 3.05) is 18.4 Å². The average molecular weight is 324 g/mol. The zero-order chi connectivity index (χ0) is 12.3. The van der Waals surface area contributed by atoms with Crippen LogP contribution in [0.5, 0.6) is 0 Å². The summed E-state index contributed by atoms with van der Waals surface area (Å²) in [7, 11) is -2.99. The van der Waals surface area contributed by atoms with E-state index in [1.54, 1.807) is 4.31 Å². The van der Waals surface area contributed by atoms with Gasteiger partial charge in [0.2, 0.25) is 10.0 Å².